The molecule has 0 aliphatic heterocycles. The molecule has 1 aromatic carbocycles. The molecule has 2 aromatic rings. The van der Waals surface area contributed by atoms with Crippen LogP contribution in [0.3, 0.4) is 0 Å². The molecule has 1 aromatic heterocycles. The summed E-state index contributed by atoms with van der Waals surface area (Å²) in [5, 5.41) is 10.3. The van der Waals surface area contributed by atoms with Crippen LogP contribution < -0.4 is 4.74 Å². The van der Waals surface area contributed by atoms with Crippen LogP contribution in [0.25, 0.3) is 0 Å². The second kappa shape index (κ2) is 6.38. The minimum Gasteiger partial charge on any atom is -0.497 e. The number of aromatic nitrogens is 2. The van der Waals surface area contributed by atoms with E-state index in [-0.39, 0.29) is 0 Å². The monoisotopic (exact) mass is 260 g/mol. The smallest absolute Gasteiger partial charge is 0.137 e. The van der Waals surface area contributed by atoms with Crippen LogP contribution >= 0.6 is 0 Å². The van der Waals surface area contributed by atoms with Crippen LogP contribution in [0.5, 0.6) is 5.75 Å². The SMILES string of the molecule is CCCn1ccnc1C(O)Cc1ccc(OC)cc1. The highest BCUT2D eigenvalue weighted by molar-refractivity contribution is 5.27. The van der Waals surface area contributed by atoms with E-state index >= 15 is 0 Å². The topological polar surface area (TPSA) is 47.3 Å². The normalized spacial score (nSPS) is 12.4. The molecule has 2 rings (SSSR count). The number of aliphatic hydroxyl groups is 1. The Kier molecular flexibility index (Phi) is 4.58. The van der Waals surface area contributed by atoms with Gasteiger partial charge in [0.1, 0.15) is 17.7 Å². The molecule has 102 valence electrons. The van der Waals surface area contributed by atoms with Gasteiger partial charge in [0, 0.05) is 25.4 Å². The van der Waals surface area contributed by atoms with E-state index in [1.165, 1.54) is 0 Å². The zero-order valence-corrected chi connectivity index (χ0v) is 11.4. The van der Waals surface area contributed by atoms with Gasteiger partial charge in [-0.1, -0.05) is 19.1 Å². The Bertz CT molecular complexity index is 505. The van der Waals surface area contributed by atoms with Gasteiger partial charge in [-0.05, 0) is 24.1 Å². The van der Waals surface area contributed by atoms with Gasteiger partial charge in [0.05, 0.1) is 7.11 Å². The Labute approximate surface area is 113 Å². The average molecular weight is 260 g/mol. The lowest BCUT2D eigenvalue weighted by atomic mass is 10.1. The van der Waals surface area contributed by atoms with Gasteiger partial charge in [-0.15, -0.1) is 0 Å². The lowest BCUT2D eigenvalue weighted by molar-refractivity contribution is 0.163. The zero-order valence-electron chi connectivity index (χ0n) is 11.4. The summed E-state index contributed by atoms with van der Waals surface area (Å²) in [6, 6.07) is 7.74. The summed E-state index contributed by atoms with van der Waals surface area (Å²) >= 11 is 0. The van der Waals surface area contributed by atoms with Gasteiger partial charge >= 0.3 is 0 Å². The van der Waals surface area contributed by atoms with Crippen molar-refractivity contribution in [1.82, 2.24) is 9.55 Å². The summed E-state index contributed by atoms with van der Waals surface area (Å²) in [6.45, 7) is 2.99. The van der Waals surface area contributed by atoms with Gasteiger partial charge < -0.3 is 14.4 Å². The van der Waals surface area contributed by atoms with Crippen LogP contribution in [-0.4, -0.2) is 21.8 Å². The molecule has 0 saturated heterocycles. The number of imidazole rings is 1. The van der Waals surface area contributed by atoms with Gasteiger partial charge in [-0.2, -0.15) is 0 Å². The van der Waals surface area contributed by atoms with Gasteiger partial charge in [0.15, 0.2) is 0 Å². The molecule has 0 bridgehead atoms. The molecule has 0 aliphatic carbocycles. The van der Waals surface area contributed by atoms with Crippen molar-refractivity contribution in [2.24, 2.45) is 0 Å². The Balaban J connectivity index is 2.06. The molecule has 0 amide bonds. The van der Waals surface area contributed by atoms with Crippen LogP contribution in [0.2, 0.25) is 0 Å². The van der Waals surface area contributed by atoms with Crippen LogP contribution in [0, 0.1) is 0 Å². The fourth-order valence-electron chi connectivity index (χ4n) is 2.12. The van der Waals surface area contributed by atoms with Crippen molar-refractivity contribution in [3.63, 3.8) is 0 Å². The predicted molar refractivity (Wildman–Crippen MR) is 74.2 cm³/mol. The van der Waals surface area contributed by atoms with Crippen LogP contribution in [0.15, 0.2) is 36.7 Å². The summed E-state index contributed by atoms with van der Waals surface area (Å²) in [4.78, 5) is 4.25. The van der Waals surface area contributed by atoms with Crippen LogP contribution in [0.1, 0.15) is 30.8 Å². The summed E-state index contributed by atoms with van der Waals surface area (Å²) in [7, 11) is 1.64. The van der Waals surface area contributed by atoms with Crippen molar-refractivity contribution >= 4 is 0 Å². The molecule has 1 unspecified atom stereocenters. The maximum Gasteiger partial charge on any atom is 0.137 e. The lowest BCUT2D eigenvalue weighted by Crippen LogP contribution is -2.10. The third-order valence-electron chi connectivity index (χ3n) is 3.10. The molecule has 0 saturated carbocycles. The molecule has 0 aliphatic rings. The number of hydrogen-bond donors (Lipinski definition) is 1. The molecule has 0 fully saturated rings. The summed E-state index contributed by atoms with van der Waals surface area (Å²) in [6.07, 6.45) is 4.66. The Morgan fingerprint density at radius 1 is 1.32 bits per heavy atom. The van der Waals surface area contributed by atoms with Gasteiger partial charge in [0.2, 0.25) is 0 Å². The number of aliphatic hydroxyl groups excluding tert-OH is 1. The molecule has 4 heteroatoms. The number of aryl methyl sites for hydroxylation is 1. The highest BCUT2D eigenvalue weighted by Gasteiger charge is 2.14. The molecular formula is C15H20N2O2. The summed E-state index contributed by atoms with van der Waals surface area (Å²) in [5.41, 5.74) is 1.07. The van der Waals surface area contributed by atoms with Crippen molar-refractivity contribution in [2.75, 3.05) is 7.11 Å². The van der Waals surface area contributed by atoms with Crippen molar-refractivity contribution < 1.29 is 9.84 Å². The van der Waals surface area contributed by atoms with Crippen molar-refractivity contribution in [3.8, 4) is 5.75 Å². The molecule has 0 spiro atoms. The van der Waals surface area contributed by atoms with E-state index in [0.29, 0.717) is 6.42 Å². The van der Waals surface area contributed by atoms with Crippen LogP contribution in [0.4, 0.5) is 0 Å². The second-order valence-corrected chi connectivity index (χ2v) is 4.55. The number of hydrogen-bond acceptors (Lipinski definition) is 3. The number of methoxy groups -OCH3 is 1. The Morgan fingerprint density at radius 3 is 2.68 bits per heavy atom. The van der Waals surface area contributed by atoms with Gasteiger partial charge in [-0.25, -0.2) is 4.98 Å². The molecule has 1 atom stereocenters. The van der Waals surface area contributed by atoms with E-state index in [4.69, 9.17) is 4.74 Å². The fraction of sp³-hybridized carbons (Fsp3) is 0.400. The number of rotatable bonds is 6. The van der Waals surface area contributed by atoms with Crippen molar-refractivity contribution in [2.45, 2.75) is 32.4 Å². The van der Waals surface area contributed by atoms with E-state index in [1.54, 1.807) is 13.3 Å². The number of ether oxygens (including phenoxy) is 1. The maximum atomic E-state index is 10.3. The molecular weight excluding hydrogens is 240 g/mol. The van der Waals surface area contributed by atoms with Gasteiger partial charge in [0.25, 0.3) is 0 Å². The lowest BCUT2D eigenvalue weighted by Gasteiger charge is -2.13. The van der Waals surface area contributed by atoms with E-state index in [0.717, 1.165) is 30.1 Å². The fourth-order valence-corrected chi connectivity index (χ4v) is 2.12. The highest BCUT2D eigenvalue weighted by Crippen LogP contribution is 2.19. The minimum atomic E-state index is -0.574. The number of nitrogens with zero attached hydrogens (tertiary/aromatic N) is 2. The Hall–Kier alpha value is -1.81. The average Bonchev–Trinajstić information content (AvgIpc) is 2.88. The largest absolute Gasteiger partial charge is 0.497 e. The molecule has 1 N–H and O–H groups in total. The van der Waals surface area contributed by atoms with E-state index in [1.807, 2.05) is 35.0 Å². The van der Waals surface area contributed by atoms with Crippen molar-refractivity contribution in [3.05, 3.63) is 48.0 Å². The molecule has 19 heavy (non-hydrogen) atoms. The third-order valence-corrected chi connectivity index (χ3v) is 3.10. The summed E-state index contributed by atoms with van der Waals surface area (Å²) < 4.78 is 7.13. The first kappa shape index (κ1) is 13.6. The first-order valence-electron chi connectivity index (χ1n) is 6.56. The second-order valence-electron chi connectivity index (χ2n) is 4.55. The first-order chi connectivity index (χ1) is 9.24. The predicted octanol–water partition coefficient (Wildman–Crippen LogP) is 2.58. The van der Waals surface area contributed by atoms with E-state index in [9.17, 15) is 5.11 Å². The highest BCUT2D eigenvalue weighted by atomic mass is 16.5. The van der Waals surface area contributed by atoms with Gasteiger partial charge in [-0.3, -0.25) is 0 Å². The van der Waals surface area contributed by atoms with Crippen LogP contribution in [-0.2, 0) is 13.0 Å². The van der Waals surface area contributed by atoms with Crippen molar-refractivity contribution in [1.29, 1.82) is 0 Å². The first-order valence-corrected chi connectivity index (χ1v) is 6.56. The zero-order chi connectivity index (χ0) is 13.7. The summed E-state index contributed by atoms with van der Waals surface area (Å²) in [5.74, 6) is 1.56. The number of benzene rings is 1. The quantitative estimate of drug-likeness (QED) is 0.868. The van der Waals surface area contributed by atoms with E-state index < -0.39 is 6.10 Å². The standard InChI is InChI=1S/C15H20N2O2/c1-3-9-17-10-8-16-15(17)14(18)11-12-4-6-13(19-2)7-5-12/h4-8,10,14,18H,3,9,11H2,1-2H3. The third kappa shape index (κ3) is 3.35. The maximum absolute atomic E-state index is 10.3. The minimum absolute atomic E-state index is 0.560. The molecule has 1 heterocycles. The molecule has 4 nitrogen and oxygen atoms in total. The molecule has 0 radical (unpaired) electrons. The van der Waals surface area contributed by atoms with E-state index in [2.05, 4.69) is 11.9 Å². The Morgan fingerprint density at radius 2 is 2.05 bits per heavy atom.